The van der Waals surface area contributed by atoms with Crippen molar-refractivity contribution in [3.63, 3.8) is 0 Å². The Balaban J connectivity index is 1.24. The van der Waals surface area contributed by atoms with Crippen LogP contribution < -0.4 is 10.8 Å². The maximum Gasteiger partial charge on any atom is 0.488 e. The van der Waals surface area contributed by atoms with E-state index in [4.69, 9.17) is 0 Å². The van der Waals surface area contributed by atoms with Gasteiger partial charge in [0.15, 0.2) is 0 Å². The molecule has 3 aliphatic rings. The molecule has 0 saturated heterocycles. The molecule has 0 heterocycles. The van der Waals surface area contributed by atoms with E-state index < -0.39 is 7.12 Å². The Kier molecular flexibility index (Phi) is 6.87. The maximum absolute atomic E-state index is 13.2. The molecule has 0 unspecified atom stereocenters. The van der Waals surface area contributed by atoms with Crippen molar-refractivity contribution in [2.45, 2.75) is 70.8 Å². The highest BCUT2D eigenvalue weighted by Gasteiger charge is 2.58. The van der Waals surface area contributed by atoms with E-state index in [0.717, 1.165) is 44.1 Å². The molecule has 5 nitrogen and oxygen atoms in total. The smallest absolute Gasteiger partial charge is 0.423 e. The van der Waals surface area contributed by atoms with Crippen molar-refractivity contribution in [3.8, 4) is 0 Å². The summed E-state index contributed by atoms with van der Waals surface area (Å²) in [5.41, 5.74) is 3.99. The fourth-order valence-corrected chi connectivity index (χ4v) is 7.50. The maximum atomic E-state index is 13.2. The minimum Gasteiger partial charge on any atom is -0.423 e. The van der Waals surface area contributed by atoms with E-state index in [9.17, 15) is 19.6 Å². The summed E-state index contributed by atoms with van der Waals surface area (Å²) in [4.78, 5) is 25.6. The van der Waals surface area contributed by atoms with Gasteiger partial charge in [-0.2, -0.15) is 0 Å². The number of carbonyl (C=O) groups is 2. The third-order valence-corrected chi connectivity index (χ3v) is 9.20. The van der Waals surface area contributed by atoms with Crippen LogP contribution in [0.1, 0.15) is 74.5 Å². The average molecular weight is 473 g/mol. The fraction of sp³-hybridized carbons (Fsp3) is 0.517. The number of rotatable bonds is 7. The molecular weight excluding hydrogens is 437 g/mol. The summed E-state index contributed by atoms with van der Waals surface area (Å²) in [5, 5.41) is 22.2. The molecule has 3 N–H and O–H groups in total. The molecule has 0 radical (unpaired) electrons. The molecule has 6 heteroatoms. The molecule has 0 spiro atoms. The number of benzene rings is 2. The zero-order valence-electron chi connectivity index (χ0n) is 20.6. The van der Waals surface area contributed by atoms with Crippen LogP contribution in [-0.4, -0.2) is 28.9 Å². The molecule has 0 aliphatic heterocycles. The molecule has 5 rings (SSSR count). The molecule has 35 heavy (non-hydrogen) atoms. The monoisotopic (exact) mass is 473 g/mol. The number of Topliss-reactive ketones (excluding diaryl/α,β-unsaturated/α-hetero) is 1. The van der Waals surface area contributed by atoms with E-state index in [0.29, 0.717) is 54.3 Å². The molecule has 2 aromatic rings. The van der Waals surface area contributed by atoms with Crippen molar-refractivity contribution in [1.82, 2.24) is 5.32 Å². The first-order valence-corrected chi connectivity index (χ1v) is 13.2. The van der Waals surface area contributed by atoms with Crippen LogP contribution in [0, 0.1) is 23.2 Å². The molecule has 2 saturated carbocycles. The molecular formula is C29H36BNO4. The summed E-state index contributed by atoms with van der Waals surface area (Å²) in [7, 11) is -1.44. The van der Waals surface area contributed by atoms with Crippen LogP contribution in [0.5, 0.6) is 0 Å². The van der Waals surface area contributed by atoms with E-state index >= 15 is 0 Å². The van der Waals surface area contributed by atoms with Crippen molar-refractivity contribution in [3.05, 3.63) is 65.2 Å². The number of amides is 1. The van der Waals surface area contributed by atoms with Gasteiger partial charge in [-0.25, -0.2) is 0 Å². The number of nitrogens with one attached hydrogen (secondary N) is 1. The fourth-order valence-electron chi connectivity index (χ4n) is 7.50. The number of hydrogen-bond acceptors (Lipinski definition) is 4. The van der Waals surface area contributed by atoms with Crippen LogP contribution in [0.25, 0.3) is 0 Å². The topological polar surface area (TPSA) is 86.6 Å². The lowest BCUT2D eigenvalue weighted by Gasteiger charge is -2.50. The SMILES string of the molecule is C[C@]12CC[C@@H]3c4ccc(B(O)O)cc4CC[C@H]3[C@@H]1[C@@H](CCCC(=O)NCc1ccccc1)CC2=O. The number of ketones is 1. The van der Waals surface area contributed by atoms with Gasteiger partial charge in [-0.15, -0.1) is 0 Å². The lowest BCUT2D eigenvalue weighted by molar-refractivity contribution is -0.129. The third-order valence-electron chi connectivity index (χ3n) is 9.20. The summed E-state index contributed by atoms with van der Waals surface area (Å²) in [6.45, 7) is 2.75. The van der Waals surface area contributed by atoms with E-state index in [1.807, 2.05) is 42.5 Å². The van der Waals surface area contributed by atoms with Gasteiger partial charge in [0.05, 0.1) is 0 Å². The second-order valence-corrected chi connectivity index (χ2v) is 11.2. The summed E-state index contributed by atoms with van der Waals surface area (Å²) in [6.07, 6.45) is 6.81. The number of fused-ring (bicyclic) bond motifs is 5. The molecule has 1 amide bonds. The van der Waals surface area contributed by atoms with Crippen molar-refractivity contribution < 1.29 is 19.6 Å². The van der Waals surface area contributed by atoms with Crippen molar-refractivity contribution >= 4 is 24.3 Å². The van der Waals surface area contributed by atoms with Crippen LogP contribution in [0.2, 0.25) is 0 Å². The van der Waals surface area contributed by atoms with Crippen LogP contribution in [0.4, 0.5) is 0 Å². The minimum absolute atomic E-state index is 0.0796. The van der Waals surface area contributed by atoms with Gasteiger partial charge in [0.25, 0.3) is 0 Å². The molecule has 5 atom stereocenters. The molecule has 2 fully saturated rings. The number of carbonyl (C=O) groups excluding carboxylic acids is 2. The average Bonchev–Trinajstić information content (AvgIpc) is 3.12. The standard InChI is InChI=1S/C29H36BNO4/c1-29-15-14-24-23-13-11-22(30(34)35)16-20(23)10-12-25(24)28(29)21(17-26(29)32)8-5-9-27(33)31-18-19-6-3-2-4-7-19/h2-4,6-7,11,13,16,21,24-25,28,34-35H,5,8-10,12,14-15,17-18H2,1H3,(H,31,33)/t21-,24+,25+,28-,29+/m0/s1. The summed E-state index contributed by atoms with van der Waals surface area (Å²) in [6, 6.07) is 15.8. The van der Waals surface area contributed by atoms with Crippen LogP contribution in [-0.2, 0) is 22.6 Å². The quantitative estimate of drug-likeness (QED) is 0.538. The molecule has 184 valence electrons. The third kappa shape index (κ3) is 4.71. The Morgan fingerprint density at radius 1 is 1.14 bits per heavy atom. The first-order chi connectivity index (χ1) is 16.9. The zero-order valence-corrected chi connectivity index (χ0v) is 20.6. The van der Waals surface area contributed by atoms with Gasteiger partial charge < -0.3 is 15.4 Å². The highest BCUT2D eigenvalue weighted by atomic mass is 16.4. The first-order valence-electron chi connectivity index (χ1n) is 13.2. The van der Waals surface area contributed by atoms with Crippen molar-refractivity contribution in [1.29, 1.82) is 0 Å². The van der Waals surface area contributed by atoms with Gasteiger partial charge in [-0.1, -0.05) is 55.5 Å². The normalized spacial score (nSPS) is 29.2. The predicted molar refractivity (Wildman–Crippen MR) is 137 cm³/mol. The van der Waals surface area contributed by atoms with E-state index in [1.54, 1.807) is 0 Å². The Morgan fingerprint density at radius 2 is 1.94 bits per heavy atom. The number of aryl methyl sites for hydroxylation is 1. The first kappa shape index (κ1) is 24.3. The van der Waals surface area contributed by atoms with Gasteiger partial charge in [0.1, 0.15) is 5.78 Å². The largest absolute Gasteiger partial charge is 0.488 e. The van der Waals surface area contributed by atoms with Crippen molar-refractivity contribution in [2.24, 2.45) is 23.2 Å². The number of hydrogen-bond donors (Lipinski definition) is 3. The van der Waals surface area contributed by atoms with Gasteiger partial charge in [-0.3, -0.25) is 9.59 Å². The molecule has 0 aromatic heterocycles. The zero-order chi connectivity index (χ0) is 24.6. The molecule has 2 aromatic carbocycles. The highest BCUT2D eigenvalue weighted by Crippen LogP contribution is 2.62. The van der Waals surface area contributed by atoms with Crippen LogP contribution in [0.15, 0.2) is 48.5 Å². The van der Waals surface area contributed by atoms with Crippen LogP contribution in [0.3, 0.4) is 0 Å². The summed E-state index contributed by atoms with van der Waals surface area (Å²) >= 11 is 0. The summed E-state index contributed by atoms with van der Waals surface area (Å²) in [5.74, 6) is 2.14. The van der Waals surface area contributed by atoms with Crippen molar-refractivity contribution in [2.75, 3.05) is 0 Å². The Bertz CT molecular complexity index is 1090. The lowest BCUT2D eigenvalue weighted by Crippen LogP contribution is -2.44. The van der Waals surface area contributed by atoms with E-state index in [1.165, 1.54) is 11.1 Å². The van der Waals surface area contributed by atoms with Gasteiger partial charge in [-0.05, 0) is 84.3 Å². The van der Waals surface area contributed by atoms with E-state index in [2.05, 4.69) is 18.3 Å². The van der Waals surface area contributed by atoms with E-state index in [-0.39, 0.29) is 11.3 Å². The summed E-state index contributed by atoms with van der Waals surface area (Å²) < 4.78 is 0. The second-order valence-electron chi connectivity index (χ2n) is 11.2. The van der Waals surface area contributed by atoms with Crippen LogP contribution >= 0.6 is 0 Å². The minimum atomic E-state index is -1.44. The highest BCUT2D eigenvalue weighted by molar-refractivity contribution is 6.58. The van der Waals surface area contributed by atoms with Gasteiger partial charge >= 0.3 is 7.12 Å². The predicted octanol–water partition coefficient (Wildman–Crippen LogP) is 3.50. The van der Waals surface area contributed by atoms with Gasteiger partial charge in [0.2, 0.25) is 5.91 Å². The molecule has 3 aliphatic carbocycles. The van der Waals surface area contributed by atoms with Gasteiger partial charge in [0, 0.05) is 24.8 Å². The Labute approximate surface area is 208 Å². The Morgan fingerprint density at radius 3 is 2.71 bits per heavy atom. The molecule has 0 bridgehead atoms. The Hall–Kier alpha value is -2.44. The second kappa shape index (κ2) is 9.90. The lowest BCUT2D eigenvalue weighted by atomic mass is 9.53.